The fourth-order valence-electron chi connectivity index (χ4n) is 2.21. The molecule has 5 nitrogen and oxygen atoms in total. The average Bonchev–Trinajstić information content (AvgIpc) is 2.55. The molecule has 120 valence electrons. The zero-order valence-corrected chi connectivity index (χ0v) is 13.1. The van der Waals surface area contributed by atoms with Gasteiger partial charge in [-0.2, -0.15) is 0 Å². The zero-order valence-electron chi connectivity index (χ0n) is 13.1. The van der Waals surface area contributed by atoms with Gasteiger partial charge in [-0.1, -0.05) is 48.5 Å². The van der Waals surface area contributed by atoms with Gasteiger partial charge in [-0.25, -0.2) is 4.79 Å². The first-order chi connectivity index (χ1) is 11.2. The molecule has 3 N–H and O–H groups in total. The maximum absolute atomic E-state index is 11.7. The molecule has 0 spiro atoms. The maximum atomic E-state index is 11.7. The quantitative estimate of drug-likeness (QED) is 0.768. The molecule has 23 heavy (non-hydrogen) atoms. The van der Waals surface area contributed by atoms with Gasteiger partial charge in [-0.15, -0.1) is 0 Å². The Morgan fingerprint density at radius 1 is 0.957 bits per heavy atom. The summed E-state index contributed by atoms with van der Waals surface area (Å²) in [7, 11) is 0. The number of rotatable bonds is 6. The van der Waals surface area contributed by atoms with Crippen molar-refractivity contribution in [2.45, 2.75) is 13.3 Å². The highest BCUT2D eigenvalue weighted by Crippen LogP contribution is 2.18. The molecule has 5 heteroatoms. The van der Waals surface area contributed by atoms with Gasteiger partial charge in [0.25, 0.3) is 0 Å². The Morgan fingerprint density at radius 3 is 2.39 bits per heavy atom. The van der Waals surface area contributed by atoms with E-state index in [1.165, 1.54) is 5.56 Å². The van der Waals surface area contributed by atoms with Crippen LogP contribution in [0.3, 0.4) is 0 Å². The lowest BCUT2D eigenvalue weighted by atomic mass is 10.0. The third-order valence-electron chi connectivity index (χ3n) is 3.28. The van der Waals surface area contributed by atoms with E-state index in [1.807, 2.05) is 42.5 Å². The van der Waals surface area contributed by atoms with E-state index in [4.69, 9.17) is 0 Å². The van der Waals surface area contributed by atoms with Gasteiger partial charge in [0.15, 0.2) is 0 Å². The summed E-state index contributed by atoms with van der Waals surface area (Å²) in [6, 6.07) is 17.5. The number of hydrogen-bond acceptors (Lipinski definition) is 3. The summed E-state index contributed by atoms with van der Waals surface area (Å²) in [5.74, 6) is -0.370. The summed E-state index contributed by atoms with van der Waals surface area (Å²) in [5, 5.41) is 7.88. The van der Waals surface area contributed by atoms with Gasteiger partial charge in [-0.3, -0.25) is 10.1 Å². The highest BCUT2D eigenvalue weighted by molar-refractivity contribution is 5.96. The molecular formula is C18H21N3O2. The predicted molar refractivity (Wildman–Crippen MR) is 91.4 cm³/mol. The molecule has 0 unspecified atom stereocenters. The van der Waals surface area contributed by atoms with E-state index >= 15 is 0 Å². The summed E-state index contributed by atoms with van der Waals surface area (Å²) in [6.45, 7) is 2.32. The van der Waals surface area contributed by atoms with E-state index in [0.717, 1.165) is 17.7 Å². The Morgan fingerprint density at radius 2 is 1.65 bits per heavy atom. The SMILES string of the molecule is CCNC(=O)NC(=O)CNc1ccccc1Cc1ccccc1. The number of benzene rings is 2. The lowest BCUT2D eigenvalue weighted by Crippen LogP contribution is -2.41. The number of para-hydroxylation sites is 1. The molecule has 0 fully saturated rings. The number of hydrogen-bond donors (Lipinski definition) is 3. The molecule has 0 radical (unpaired) electrons. The molecule has 0 heterocycles. The second-order valence-corrected chi connectivity index (χ2v) is 5.08. The Bertz CT molecular complexity index is 656. The van der Waals surface area contributed by atoms with Crippen LogP contribution in [-0.2, 0) is 11.2 Å². The fraction of sp³-hybridized carbons (Fsp3) is 0.222. The number of imide groups is 1. The average molecular weight is 311 g/mol. The topological polar surface area (TPSA) is 70.2 Å². The molecule has 0 atom stereocenters. The van der Waals surface area contributed by atoms with E-state index in [-0.39, 0.29) is 12.5 Å². The summed E-state index contributed by atoms with van der Waals surface area (Å²) < 4.78 is 0. The number of carbonyl (C=O) groups is 2. The molecule has 2 rings (SSSR count). The standard InChI is InChI=1S/C18H21N3O2/c1-2-19-18(23)21-17(22)13-20-16-11-7-6-10-15(16)12-14-8-4-3-5-9-14/h3-11,20H,2,12-13H2,1H3,(H2,19,21,22,23). The Labute approximate surface area is 136 Å². The van der Waals surface area contributed by atoms with E-state index in [9.17, 15) is 9.59 Å². The van der Waals surface area contributed by atoms with Crippen LogP contribution in [0, 0.1) is 0 Å². The van der Waals surface area contributed by atoms with Crippen molar-refractivity contribution < 1.29 is 9.59 Å². The van der Waals surface area contributed by atoms with Crippen LogP contribution in [-0.4, -0.2) is 25.0 Å². The molecular weight excluding hydrogens is 290 g/mol. The molecule has 0 saturated heterocycles. The lowest BCUT2D eigenvalue weighted by molar-refractivity contribution is -0.118. The Balaban J connectivity index is 1.95. The van der Waals surface area contributed by atoms with Gasteiger partial charge < -0.3 is 10.6 Å². The third kappa shape index (κ3) is 5.47. The minimum absolute atomic E-state index is 0.0446. The van der Waals surface area contributed by atoms with E-state index in [1.54, 1.807) is 6.92 Å². The summed E-state index contributed by atoms with van der Waals surface area (Å²) >= 11 is 0. The summed E-state index contributed by atoms with van der Waals surface area (Å²) in [5.41, 5.74) is 3.19. The first kappa shape index (κ1) is 16.5. The van der Waals surface area contributed by atoms with E-state index in [2.05, 4.69) is 28.1 Å². The van der Waals surface area contributed by atoms with E-state index in [0.29, 0.717) is 6.54 Å². The van der Waals surface area contributed by atoms with Crippen LogP contribution in [0.25, 0.3) is 0 Å². The normalized spacial score (nSPS) is 9.96. The van der Waals surface area contributed by atoms with Crippen molar-refractivity contribution in [2.24, 2.45) is 0 Å². The molecule has 0 aliphatic rings. The van der Waals surface area contributed by atoms with Crippen LogP contribution < -0.4 is 16.0 Å². The van der Waals surface area contributed by atoms with Crippen molar-refractivity contribution in [3.05, 3.63) is 65.7 Å². The smallest absolute Gasteiger partial charge is 0.321 e. The van der Waals surface area contributed by atoms with E-state index < -0.39 is 6.03 Å². The molecule has 0 saturated carbocycles. The summed E-state index contributed by atoms with van der Waals surface area (Å²) in [4.78, 5) is 23.0. The van der Waals surface area contributed by atoms with Crippen LogP contribution in [0.4, 0.5) is 10.5 Å². The lowest BCUT2D eigenvalue weighted by Gasteiger charge is -2.12. The van der Waals surface area contributed by atoms with Gasteiger partial charge in [0, 0.05) is 12.2 Å². The first-order valence-electron chi connectivity index (χ1n) is 7.62. The fourth-order valence-corrected chi connectivity index (χ4v) is 2.21. The Kier molecular flexibility index (Phi) is 6.17. The zero-order chi connectivity index (χ0) is 16.5. The van der Waals surface area contributed by atoms with Gasteiger partial charge in [0.05, 0.1) is 6.54 Å². The van der Waals surface area contributed by atoms with Crippen LogP contribution in [0.15, 0.2) is 54.6 Å². The highest BCUT2D eigenvalue weighted by Gasteiger charge is 2.08. The van der Waals surface area contributed by atoms with Crippen LogP contribution in [0.1, 0.15) is 18.1 Å². The minimum Gasteiger partial charge on any atom is -0.376 e. The molecule has 0 bridgehead atoms. The van der Waals surface area contributed by atoms with Crippen molar-refractivity contribution in [1.82, 2.24) is 10.6 Å². The Hall–Kier alpha value is -2.82. The summed E-state index contributed by atoms with van der Waals surface area (Å²) in [6.07, 6.45) is 0.780. The van der Waals surface area contributed by atoms with Gasteiger partial charge in [0.2, 0.25) is 5.91 Å². The maximum Gasteiger partial charge on any atom is 0.321 e. The second-order valence-electron chi connectivity index (χ2n) is 5.08. The molecule has 2 aromatic rings. The van der Waals surface area contributed by atoms with Crippen molar-refractivity contribution in [3.8, 4) is 0 Å². The molecule has 0 aromatic heterocycles. The second kappa shape index (κ2) is 8.58. The third-order valence-corrected chi connectivity index (χ3v) is 3.28. The van der Waals surface area contributed by atoms with Gasteiger partial charge in [0.1, 0.15) is 0 Å². The number of urea groups is 1. The molecule has 0 aliphatic heterocycles. The van der Waals surface area contributed by atoms with Crippen LogP contribution in [0.5, 0.6) is 0 Å². The number of anilines is 1. The predicted octanol–water partition coefficient (Wildman–Crippen LogP) is 2.54. The monoisotopic (exact) mass is 311 g/mol. The van der Waals surface area contributed by atoms with Crippen molar-refractivity contribution in [2.75, 3.05) is 18.4 Å². The first-order valence-corrected chi connectivity index (χ1v) is 7.62. The van der Waals surface area contributed by atoms with Crippen molar-refractivity contribution in [3.63, 3.8) is 0 Å². The highest BCUT2D eigenvalue weighted by atomic mass is 16.2. The van der Waals surface area contributed by atoms with Crippen molar-refractivity contribution in [1.29, 1.82) is 0 Å². The van der Waals surface area contributed by atoms with Crippen molar-refractivity contribution >= 4 is 17.6 Å². The molecule has 2 aromatic carbocycles. The van der Waals surface area contributed by atoms with Gasteiger partial charge in [-0.05, 0) is 30.5 Å². The molecule has 3 amide bonds. The largest absolute Gasteiger partial charge is 0.376 e. The number of amides is 3. The van der Waals surface area contributed by atoms with Crippen LogP contribution in [0.2, 0.25) is 0 Å². The minimum atomic E-state index is -0.475. The van der Waals surface area contributed by atoms with Crippen LogP contribution >= 0.6 is 0 Å². The number of nitrogens with one attached hydrogen (secondary N) is 3. The van der Waals surface area contributed by atoms with Gasteiger partial charge >= 0.3 is 6.03 Å². The number of carbonyl (C=O) groups excluding carboxylic acids is 2. The molecule has 0 aliphatic carbocycles.